The minimum Gasteiger partial charge on any atom is -0.364 e. The molecule has 2 heterocycles. The molecule has 0 bridgehead atoms. The van der Waals surface area contributed by atoms with E-state index in [2.05, 4.69) is 16.5 Å². The van der Waals surface area contributed by atoms with E-state index in [9.17, 15) is 4.79 Å². The summed E-state index contributed by atoms with van der Waals surface area (Å²) in [6, 6.07) is 3.72. The monoisotopic (exact) mass is 217 g/mol. The molecule has 0 aromatic carbocycles. The van der Waals surface area contributed by atoms with Crippen molar-refractivity contribution in [2.45, 2.75) is 26.3 Å². The van der Waals surface area contributed by atoms with Gasteiger partial charge in [0, 0.05) is 18.1 Å². The smallest absolute Gasteiger partial charge is 0.267 e. The van der Waals surface area contributed by atoms with Gasteiger partial charge in [0.05, 0.1) is 11.7 Å². The Balaban J connectivity index is 2.38. The number of carbonyl (C=O) groups is 1. The fourth-order valence-electron chi connectivity index (χ4n) is 1.75. The number of rotatable bonds is 4. The zero-order chi connectivity index (χ0) is 11.5. The first kappa shape index (κ1) is 10.7. The maximum Gasteiger partial charge on any atom is 0.267 e. The number of pyridine rings is 1. The van der Waals surface area contributed by atoms with Gasteiger partial charge in [-0.05, 0) is 18.6 Å². The lowest BCUT2D eigenvalue weighted by molar-refractivity contribution is 0.0996. The second-order valence-electron chi connectivity index (χ2n) is 3.86. The van der Waals surface area contributed by atoms with Gasteiger partial charge in [0.25, 0.3) is 5.91 Å². The molecule has 0 saturated carbocycles. The molecule has 0 aliphatic heterocycles. The number of aromatic nitrogens is 2. The fraction of sp³-hybridized carbons (Fsp3) is 0.333. The Morgan fingerprint density at radius 1 is 1.56 bits per heavy atom. The number of nitrogens with two attached hydrogens (primary N) is 1. The second kappa shape index (κ2) is 4.35. The van der Waals surface area contributed by atoms with Crippen LogP contribution in [0.4, 0.5) is 0 Å². The van der Waals surface area contributed by atoms with Crippen LogP contribution in [-0.4, -0.2) is 15.5 Å². The van der Waals surface area contributed by atoms with Crippen molar-refractivity contribution < 1.29 is 4.79 Å². The van der Waals surface area contributed by atoms with Gasteiger partial charge in [-0.2, -0.15) is 0 Å². The average molecular weight is 217 g/mol. The Labute approximate surface area is 94.1 Å². The Morgan fingerprint density at radius 2 is 2.38 bits per heavy atom. The molecule has 0 saturated heterocycles. The molecule has 2 N–H and O–H groups in total. The van der Waals surface area contributed by atoms with E-state index in [0.29, 0.717) is 5.69 Å². The van der Waals surface area contributed by atoms with Crippen molar-refractivity contribution in [2.24, 2.45) is 5.73 Å². The highest BCUT2D eigenvalue weighted by Crippen LogP contribution is 2.16. The standard InChI is InChI=1S/C12H15N3O/c1-2-3-5-15-6-4-9-7-10(12(13)16)14-8-11(9)15/h4,6-8H,2-3,5H2,1H3,(H2,13,16). The minimum atomic E-state index is -0.483. The Morgan fingerprint density at radius 3 is 3.06 bits per heavy atom. The topological polar surface area (TPSA) is 60.9 Å². The highest BCUT2D eigenvalue weighted by atomic mass is 16.1. The van der Waals surface area contributed by atoms with Crippen molar-refractivity contribution in [1.29, 1.82) is 0 Å². The third kappa shape index (κ3) is 1.91. The second-order valence-corrected chi connectivity index (χ2v) is 3.86. The van der Waals surface area contributed by atoms with Crippen LogP contribution in [0.5, 0.6) is 0 Å². The van der Waals surface area contributed by atoms with Crippen molar-refractivity contribution in [3.63, 3.8) is 0 Å². The van der Waals surface area contributed by atoms with E-state index in [1.165, 1.54) is 0 Å². The maximum atomic E-state index is 11.0. The van der Waals surface area contributed by atoms with Crippen molar-refractivity contribution >= 4 is 16.8 Å². The Bertz CT molecular complexity index is 516. The zero-order valence-corrected chi connectivity index (χ0v) is 9.31. The summed E-state index contributed by atoms with van der Waals surface area (Å²) < 4.78 is 2.15. The molecule has 0 aliphatic rings. The van der Waals surface area contributed by atoms with Gasteiger partial charge in [-0.15, -0.1) is 0 Å². The third-order valence-electron chi connectivity index (χ3n) is 2.66. The molecule has 0 unspecified atom stereocenters. The van der Waals surface area contributed by atoms with E-state index in [0.717, 1.165) is 30.3 Å². The van der Waals surface area contributed by atoms with E-state index in [-0.39, 0.29) is 0 Å². The average Bonchev–Trinajstić information content (AvgIpc) is 2.68. The molecule has 0 aliphatic carbocycles. The first-order chi connectivity index (χ1) is 7.72. The molecule has 0 fully saturated rings. The lowest BCUT2D eigenvalue weighted by Gasteiger charge is -2.03. The molecule has 0 spiro atoms. The predicted molar refractivity (Wildman–Crippen MR) is 63.2 cm³/mol. The van der Waals surface area contributed by atoms with Crippen LogP contribution in [0.3, 0.4) is 0 Å². The molecule has 84 valence electrons. The summed E-state index contributed by atoms with van der Waals surface area (Å²) in [6.45, 7) is 3.15. The van der Waals surface area contributed by atoms with Crippen LogP contribution >= 0.6 is 0 Å². The summed E-state index contributed by atoms with van der Waals surface area (Å²) in [7, 11) is 0. The number of amides is 1. The summed E-state index contributed by atoms with van der Waals surface area (Å²) in [6.07, 6.45) is 6.03. The van der Waals surface area contributed by atoms with Crippen molar-refractivity contribution in [2.75, 3.05) is 0 Å². The van der Waals surface area contributed by atoms with Gasteiger partial charge < -0.3 is 10.3 Å². The molecule has 2 aromatic rings. The molecular formula is C12H15N3O. The van der Waals surface area contributed by atoms with Crippen LogP contribution in [0.1, 0.15) is 30.3 Å². The number of hydrogen-bond donors (Lipinski definition) is 1. The molecule has 4 nitrogen and oxygen atoms in total. The summed E-state index contributed by atoms with van der Waals surface area (Å²) in [5.41, 5.74) is 6.56. The SMILES string of the molecule is CCCCn1ccc2cc(C(N)=O)ncc21. The van der Waals surface area contributed by atoms with E-state index in [1.807, 2.05) is 12.3 Å². The van der Waals surface area contributed by atoms with Gasteiger partial charge in [0.2, 0.25) is 0 Å². The van der Waals surface area contributed by atoms with Gasteiger partial charge in [0.1, 0.15) is 5.69 Å². The van der Waals surface area contributed by atoms with Gasteiger partial charge >= 0.3 is 0 Å². The Hall–Kier alpha value is -1.84. The van der Waals surface area contributed by atoms with Crippen molar-refractivity contribution in [1.82, 2.24) is 9.55 Å². The molecule has 1 amide bonds. The molecule has 16 heavy (non-hydrogen) atoms. The maximum absolute atomic E-state index is 11.0. The predicted octanol–water partition coefficient (Wildman–Crippen LogP) is 1.94. The number of aryl methyl sites for hydroxylation is 1. The first-order valence-electron chi connectivity index (χ1n) is 5.47. The number of nitrogens with zero attached hydrogens (tertiary/aromatic N) is 2. The molecule has 0 atom stereocenters. The van der Waals surface area contributed by atoms with Gasteiger partial charge in [-0.3, -0.25) is 4.79 Å². The van der Waals surface area contributed by atoms with Crippen LogP contribution in [-0.2, 0) is 6.54 Å². The van der Waals surface area contributed by atoms with E-state index in [1.54, 1.807) is 12.3 Å². The normalized spacial score (nSPS) is 10.8. The van der Waals surface area contributed by atoms with Crippen molar-refractivity contribution in [3.8, 4) is 0 Å². The fourth-order valence-corrected chi connectivity index (χ4v) is 1.75. The van der Waals surface area contributed by atoms with Crippen LogP contribution in [0.25, 0.3) is 10.9 Å². The Kier molecular flexibility index (Phi) is 2.90. The number of hydrogen-bond acceptors (Lipinski definition) is 2. The minimum absolute atomic E-state index is 0.320. The lowest BCUT2D eigenvalue weighted by Crippen LogP contribution is -2.12. The van der Waals surface area contributed by atoms with Crippen LogP contribution in [0.2, 0.25) is 0 Å². The van der Waals surface area contributed by atoms with E-state index < -0.39 is 5.91 Å². The number of primary amides is 1. The highest BCUT2D eigenvalue weighted by Gasteiger charge is 2.06. The largest absolute Gasteiger partial charge is 0.364 e. The van der Waals surface area contributed by atoms with Crippen LogP contribution in [0.15, 0.2) is 24.5 Å². The summed E-state index contributed by atoms with van der Waals surface area (Å²) in [5, 5.41) is 1.01. The van der Waals surface area contributed by atoms with Crippen LogP contribution in [0, 0.1) is 0 Å². The third-order valence-corrected chi connectivity index (χ3v) is 2.66. The quantitative estimate of drug-likeness (QED) is 0.850. The van der Waals surface area contributed by atoms with Crippen LogP contribution < -0.4 is 5.73 Å². The van der Waals surface area contributed by atoms with E-state index >= 15 is 0 Å². The van der Waals surface area contributed by atoms with Gasteiger partial charge in [-0.25, -0.2) is 4.98 Å². The molecule has 4 heteroatoms. The number of carbonyl (C=O) groups excluding carboxylic acids is 1. The molecular weight excluding hydrogens is 202 g/mol. The summed E-state index contributed by atoms with van der Waals surface area (Å²) >= 11 is 0. The number of fused-ring (bicyclic) bond motifs is 1. The van der Waals surface area contributed by atoms with E-state index in [4.69, 9.17) is 5.73 Å². The molecule has 2 rings (SSSR count). The zero-order valence-electron chi connectivity index (χ0n) is 9.31. The highest BCUT2D eigenvalue weighted by molar-refractivity contribution is 5.94. The summed E-state index contributed by atoms with van der Waals surface area (Å²) in [4.78, 5) is 15.0. The van der Waals surface area contributed by atoms with Crippen molar-refractivity contribution in [3.05, 3.63) is 30.2 Å². The lowest BCUT2D eigenvalue weighted by atomic mass is 10.2. The summed E-state index contributed by atoms with van der Waals surface area (Å²) in [5.74, 6) is -0.483. The molecule has 0 radical (unpaired) electrons. The number of unbranched alkanes of at least 4 members (excludes halogenated alkanes) is 1. The molecule has 2 aromatic heterocycles. The van der Waals surface area contributed by atoms with Gasteiger partial charge in [0.15, 0.2) is 0 Å². The first-order valence-corrected chi connectivity index (χ1v) is 5.47. The van der Waals surface area contributed by atoms with Gasteiger partial charge in [-0.1, -0.05) is 13.3 Å².